The highest BCUT2D eigenvalue weighted by molar-refractivity contribution is 6.30. The highest BCUT2D eigenvalue weighted by atomic mass is 35.5. The maximum Gasteiger partial charge on any atom is 0.411 e. The molecule has 6 nitrogen and oxygen atoms in total. The van der Waals surface area contributed by atoms with E-state index < -0.39 is 29.1 Å². The van der Waals surface area contributed by atoms with Crippen molar-refractivity contribution < 1.29 is 24.5 Å². The number of hydrogen-bond acceptors (Lipinski definition) is 4. The smallest absolute Gasteiger partial charge is 0.411 e. The van der Waals surface area contributed by atoms with Crippen LogP contribution in [-0.4, -0.2) is 22.1 Å². The zero-order valence-electron chi connectivity index (χ0n) is 9.81. The second-order valence-corrected chi connectivity index (χ2v) is 4.52. The first-order chi connectivity index (χ1) is 8.84. The molecule has 7 heteroatoms. The second kappa shape index (κ2) is 4.47. The van der Waals surface area contributed by atoms with Crippen molar-refractivity contribution in [2.24, 2.45) is 0 Å². The summed E-state index contributed by atoms with van der Waals surface area (Å²) in [5.41, 5.74) is -1.03. The third-order valence-corrected chi connectivity index (χ3v) is 3.04. The number of amides is 1. The van der Waals surface area contributed by atoms with Gasteiger partial charge in [0.25, 0.3) is 5.78 Å². The molecule has 0 bridgehead atoms. The van der Waals surface area contributed by atoms with Gasteiger partial charge in [-0.05, 0) is 19.1 Å². The van der Waals surface area contributed by atoms with Crippen LogP contribution in [-0.2, 0) is 15.1 Å². The number of aliphatic hydroxyl groups excluding tert-OH is 1. The Morgan fingerprint density at radius 3 is 2.47 bits per heavy atom. The van der Waals surface area contributed by atoms with Crippen LogP contribution in [0.15, 0.2) is 35.9 Å². The monoisotopic (exact) mass is 283 g/mol. The van der Waals surface area contributed by atoms with E-state index in [2.05, 4.69) is 0 Å². The van der Waals surface area contributed by atoms with Crippen LogP contribution in [0.2, 0.25) is 5.02 Å². The number of carbonyl (C=O) groups is 2. The van der Waals surface area contributed by atoms with Crippen LogP contribution in [0.3, 0.4) is 0 Å². The van der Waals surface area contributed by atoms with Crippen molar-refractivity contribution in [1.82, 2.24) is 5.32 Å². The maximum absolute atomic E-state index is 12.0. The van der Waals surface area contributed by atoms with Crippen LogP contribution in [0.1, 0.15) is 12.5 Å². The topological polar surface area (TPSA) is 95.9 Å². The van der Waals surface area contributed by atoms with Crippen LogP contribution in [0, 0.1) is 0 Å². The van der Waals surface area contributed by atoms with Gasteiger partial charge in [0.15, 0.2) is 5.60 Å². The van der Waals surface area contributed by atoms with Crippen LogP contribution in [0.4, 0.5) is 4.79 Å². The van der Waals surface area contributed by atoms with Crippen LogP contribution in [0.5, 0.6) is 0 Å². The summed E-state index contributed by atoms with van der Waals surface area (Å²) in [4.78, 5) is 22.5. The van der Waals surface area contributed by atoms with Crippen LogP contribution >= 0.6 is 11.6 Å². The number of carboxylic acid groups (broad SMARTS) is 1. The van der Waals surface area contributed by atoms with Gasteiger partial charge in [-0.25, -0.2) is 4.79 Å². The number of carbonyl (C=O) groups excluding carboxylic acids is 1. The number of nitrogens with one attached hydrogen (secondary N) is 1. The Hall–Kier alpha value is -2.21. The molecule has 1 heterocycles. The number of rotatable bonds is 2. The predicted molar refractivity (Wildman–Crippen MR) is 65.7 cm³/mol. The zero-order valence-corrected chi connectivity index (χ0v) is 10.6. The van der Waals surface area contributed by atoms with E-state index in [-0.39, 0.29) is 0 Å². The fourth-order valence-electron chi connectivity index (χ4n) is 1.77. The summed E-state index contributed by atoms with van der Waals surface area (Å²) in [5, 5.41) is 20.5. The van der Waals surface area contributed by atoms with Crippen molar-refractivity contribution in [3.63, 3.8) is 0 Å². The lowest BCUT2D eigenvalue weighted by Crippen LogP contribution is -2.32. The van der Waals surface area contributed by atoms with Gasteiger partial charge in [0.05, 0.1) is 0 Å². The van der Waals surface area contributed by atoms with E-state index in [0.29, 0.717) is 10.6 Å². The number of Topliss-reactive ketones (excluding diaryl/α,β-unsaturated/α-hetero) is 1. The number of ether oxygens (including phenoxy) is 1. The lowest BCUT2D eigenvalue weighted by atomic mass is 9.92. The molecule has 3 N–H and O–H groups in total. The van der Waals surface area contributed by atoms with E-state index in [1.54, 1.807) is 24.3 Å². The number of benzene rings is 1. The van der Waals surface area contributed by atoms with E-state index in [4.69, 9.17) is 21.4 Å². The van der Waals surface area contributed by atoms with Crippen molar-refractivity contribution >= 4 is 23.5 Å². The Morgan fingerprint density at radius 2 is 1.95 bits per heavy atom. The van der Waals surface area contributed by atoms with Gasteiger partial charge in [-0.2, -0.15) is 0 Å². The Bertz CT molecular complexity index is 580. The Morgan fingerprint density at radius 1 is 1.37 bits per heavy atom. The summed E-state index contributed by atoms with van der Waals surface area (Å²) in [6, 6.07) is 6.27. The first-order valence-corrected chi connectivity index (χ1v) is 5.65. The van der Waals surface area contributed by atoms with Gasteiger partial charge in [0.1, 0.15) is 0 Å². The molecule has 1 amide bonds. The highest BCUT2D eigenvalue weighted by Gasteiger charge is 2.48. The van der Waals surface area contributed by atoms with E-state index in [0.717, 1.165) is 0 Å². The Kier molecular flexibility index (Phi) is 3.11. The third-order valence-electron chi connectivity index (χ3n) is 2.79. The molecule has 100 valence electrons. The number of halogens is 1. The minimum absolute atomic E-state index is 0.454. The number of ketones is 1. The first kappa shape index (κ1) is 13.2. The average molecular weight is 284 g/mol. The quantitative estimate of drug-likeness (QED) is 0.773. The molecule has 1 aliphatic rings. The summed E-state index contributed by atoms with van der Waals surface area (Å²) in [5.74, 6) is -1.95. The zero-order chi connectivity index (χ0) is 14.2. The maximum atomic E-state index is 12.0. The van der Waals surface area contributed by atoms with Crippen molar-refractivity contribution in [3.8, 4) is 0 Å². The molecule has 0 saturated heterocycles. The molecule has 1 aliphatic heterocycles. The molecule has 1 atom stereocenters. The van der Waals surface area contributed by atoms with E-state index >= 15 is 0 Å². The summed E-state index contributed by atoms with van der Waals surface area (Å²) < 4.78 is 5.26. The second-order valence-electron chi connectivity index (χ2n) is 4.08. The molecule has 0 spiro atoms. The molecule has 1 aromatic rings. The molecule has 19 heavy (non-hydrogen) atoms. The summed E-state index contributed by atoms with van der Waals surface area (Å²) in [6.07, 6.45) is -1.44. The summed E-state index contributed by atoms with van der Waals surface area (Å²) in [6.45, 7) is 1.44. The van der Waals surface area contributed by atoms with Gasteiger partial charge >= 0.3 is 6.09 Å². The molecule has 1 aromatic carbocycles. The molecule has 0 aromatic heterocycles. The van der Waals surface area contributed by atoms with Crippen molar-refractivity contribution in [2.45, 2.75) is 12.5 Å². The largest absolute Gasteiger partial charge is 0.501 e. The van der Waals surface area contributed by atoms with Gasteiger partial charge in [-0.1, -0.05) is 23.7 Å². The molecular formula is C12H10ClNO5. The van der Waals surface area contributed by atoms with E-state index in [9.17, 15) is 14.7 Å². The molecule has 0 radical (unpaired) electrons. The molecule has 0 fully saturated rings. The number of aliphatic hydroxyl groups is 1. The predicted octanol–water partition coefficient (Wildman–Crippen LogP) is 2.15. The third kappa shape index (κ3) is 2.22. The molecular weight excluding hydrogens is 274 g/mol. The van der Waals surface area contributed by atoms with E-state index in [1.165, 1.54) is 6.92 Å². The van der Waals surface area contributed by atoms with Crippen LogP contribution in [0.25, 0.3) is 0 Å². The fraction of sp³-hybridized carbons (Fsp3) is 0.167. The fourth-order valence-corrected chi connectivity index (χ4v) is 1.89. The van der Waals surface area contributed by atoms with Gasteiger partial charge in [0.2, 0.25) is 11.6 Å². The van der Waals surface area contributed by atoms with Gasteiger partial charge in [-0.3, -0.25) is 10.1 Å². The van der Waals surface area contributed by atoms with Crippen molar-refractivity contribution in [2.75, 3.05) is 0 Å². The van der Waals surface area contributed by atoms with E-state index in [1.807, 2.05) is 5.32 Å². The van der Waals surface area contributed by atoms with Crippen LogP contribution < -0.4 is 5.32 Å². The van der Waals surface area contributed by atoms with Crippen molar-refractivity contribution in [3.05, 3.63) is 46.5 Å². The van der Waals surface area contributed by atoms with Crippen molar-refractivity contribution in [1.29, 1.82) is 0 Å². The minimum atomic E-state index is -1.48. The standard InChI is InChI=1S/C12H10ClNO5/c1-12(6-2-4-7(13)5-3-6)9(16)8(15)10(19-12)14-11(17)18/h2-5,14-15H,1H3,(H,17,18). The lowest BCUT2D eigenvalue weighted by molar-refractivity contribution is -0.131. The molecule has 2 rings (SSSR count). The molecule has 0 saturated carbocycles. The Labute approximate surface area is 113 Å². The lowest BCUT2D eigenvalue weighted by Gasteiger charge is -2.23. The SMILES string of the molecule is CC1(c2ccc(Cl)cc2)OC(NC(=O)O)=C(O)C1=O. The highest BCUT2D eigenvalue weighted by Crippen LogP contribution is 2.37. The summed E-state index contributed by atoms with van der Waals surface area (Å²) >= 11 is 5.75. The normalized spacial score (nSPS) is 22.3. The first-order valence-electron chi connectivity index (χ1n) is 5.27. The number of hydrogen-bond donors (Lipinski definition) is 3. The van der Waals surface area contributed by atoms with Gasteiger partial charge in [-0.15, -0.1) is 0 Å². The minimum Gasteiger partial charge on any atom is -0.501 e. The molecule has 1 unspecified atom stereocenters. The average Bonchev–Trinajstić information content (AvgIpc) is 2.55. The van der Waals surface area contributed by atoms with Gasteiger partial charge in [0, 0.05) is 10.6 Å². The molecule has 0 aliphatic carbocycles. The summed E-state index contributed by atoms with van der Waals surface area (Å²) in [7, 11) is 0. The Balaban J connectivity index is 2.35. The van der Waals surface area contributed by atoms with Gasteiger partial charge < -0.3 is 14.9 Å².